The Morgan fingerprint density at radius 3 is 2.60 bits per heavy atom. The third-order valence-electron chi connectivity index (χ3n) is 3.26. The maximum absolute atomic E-state index is 12.8. The first-order chi connectivity index (χ1) is 9.38. The molecule has 0 aromatic carbocycles. The van der Waals surface area contributed by atoms with Crippen molar-refractivity contribution >= 4 is 5.96 Å². The van der Waals surface area contributed by atoms with Gasteiger partial charge < -0.3 is 10.6 Å². The summed E-state index contributed by atoms with van der Waals surface area (Å²) in [5, 5.41) is 3.44. The number of nitrogens with two attached hydrogens (primary N) is 1. The van der Waals surface area contributed by atoms with Crippen molar-refractivity contribution in [2.45, 2.75) is 32.0 Å². The molecule has 2 rings (SSSR count). The molecule has 5 nitrogen and oxygen atoms in total. The van der Waals surface area contributed by atoms with Gasteiger partial charge in [-0.05, 0) is 19.3 Å². The van der Waals surface area contributed by atoms with Crippen molar-refractivity contribution in [1.82, 2.24) is 14.7 Å². The van der Waals surface area contributed by atoms with Gasteiger partial charge in [0.2, 0.25) is 0 Å². The molecule has 0 spiro atoms. The summed E-state index contributed by atoms with van der Waals surface area (Å²) in [6.45, 7) is 1.52. The summed E-state index contributed by atoms with van der Waals surface area (Å²) in [4.78, 5) is 5.98. The molecular weight excluding hydrogens is 271 g/mol. The first-order valence-electron chi connectivity index (χ1n) is 6.52. The number of alkyl halides is 3. The molecule has 1 aliphatic rings. The van der Waals surface area contributed by atoms with Crippen LogP contribution < -0.4 is 5.73 Å². The molecule has 1 fully saturated rings. The second-order valence-corrected chi connectivity index (χ2v) is 4.90. The van der Waals surface area contributed by atoms with Crippen LogP contribution in [0.5, 0.6) is 0 Å². The first kappa shape index (κ1) is 14.7. The normalized spacial score (nSPS) is 17.6. The second-order valence-electron chi connectivity index (χ2n) is 4.90. The standard InChI is InChI=1S/C12H18F3N5/c1-19-8-9(10(18-19)12(13,14)15)7-17-11(16)20-5-3-2-4-6-20/h8H,2-7H2,1H3,(H2,16,17). The molecule has 8 heteroatoms. The van der Waals surface area contributed by atoms with Gasteiger partial charge in [0.1, 0.15) is 0 Å². The van der Waals surface area contributed by atoms with Crippen LogP contribution in [0.3, 0.4) is 0 Å². The topological polar surface area (TPSA) is 59.4 Å². The van der Waals surface area contributed by atoms with Gasteiger partial charge in [-0.25, -0.2) is 4.99 Å². The molecule has 2 heterocycles. The van der Waals surface area contributed by atoms with E-state index in [0.717, 1.165) is 37.0 Å². The smallest absolute Gasteiger partial charge is 0.370 e. The van der Waals surface area contributed by atoms with Gasteiger partial charge in [0.25, 0.3) is 0 Å². The van der Waals surface area contributed by atoms with Gasteiger partial charge in [-0.1, -0.05) is 0 Å². The highest BCUT2D eigenvalue weighted by molar-refractivity contribution is 5.78. The van der Waals surface area contributed by atoms with Gasteiger partial charge in [0, 0.05) is 31.9 Å². The molecule has 20 heavy (non-hydrogen) atoms. The number of piperidine rings is 1. The number of hydrogen-bond donors (Lipinski definition) is 1. The lowest BCUT2D eigenvalue weighted by Gasteiger charge is -2.27. The molecule has 1 aromatic rings. The van der Waals surface area contributed by atoms with Crippen molar-refractivity contribution in [3.05, 3.63) is 17.5 Å². The van der Waals surface area contributed by atoms with Crippen molar-refractivity contribution in [2.24, 2.45) is 17.8 Å². The molecule has 0 saturated carbocycles. The maximum atomic E-state index is 12.8. The second kappa shape index (κ2) is 5.72. The zero-order valence-corrected chi connectivity index (χ0v) is 11.3. The Hall–Kier alpha value is -1.73. The molecule has 0 unspecified atom stereocenters. The maximum Gasteiger partial charge on any atom is 0.435 e. The zero-order chi connectivity index (χ0) is 14.8. The van der Waals surface area contributed by atoms with E-state index in [0.29, 0.717) is 5.96 Å². The molecule has 2 N–H and O–H groups in total. The third-order valence-corrected chi connectivity index (χ3v) is 3.26. The van der Waals surface area contributed by atoms with Crippen LogP contribution in [0.15, 0.2) is 11.2 Å². The van der Waals surface area contributed by atoms with E-state index in [1.54, 1.807) is 0 Å². The highest BCUT2D eigenvalue weighted by atomic mass is 19.4. The Bertz CT molecular complexity index is 486. The average Bonchev–Trinajstić information content (AvgIpc) is 2.78. The summed E-state index contributed by atoms with van der Waals surface area (Å²) in [7, 11) is 1.45. The van der Waals surface area contributed by atoms with E-state index >= 15 is 0 Å². The minimum absolute atomic E-state index is 0.0416. The van der Waals surface area contributed by atoms with Crippen LogP contribution in [0.25, 0.3) is 0 Å². The third kappa shape index (κ3) is 3.43. The molecule has 0 bridgehead atoms. The Morgan fingerprint density at radius 1 is 1.35 bits per heavy atom. The minimum Gasteiger partial charge on any atom is -0.370 e. The summed E-state index contributed by atoms with van der Waals surface area (Å²) in [5.41, 5.74) is 4.98. The van der Waals surface area contributed by atoms with Crippen molar-refractivity contribution in [3.8, 4) is 0 Å². The molecule has 112 valence electrons. The van der Waals surface area contributed by atoms with Crippen molar-refractivity contribution in [2.75, 3.05) is 13.1 Å². The van der Waals surface area contributed by atoms with Crippen LogP contribution in [-0.4, -0.2) is 33.7 Å². The monoisotopic (exact) mass is 289 g/mol. The van der Waals surface area contributed by atoms with Gasteiger partial charge in [-0.15, -0.1) is 0 Å². The molecule has 0 atom stereocenters. The van der Waals surface area contributed by atoms with E-state index in [4.69, 9.17) is 5.73 Å². The summed E-state index contributed by atoms with van der Waals surface area (Å²) >= 11 is 0. The lowest BCUT2D eigenvalue weighted by molar-refractivity contribution is -0.142. The highest BCUT2D eigenvalue weighted by Crippen LogP contribution is 2.30. The lowest BCUT2D eigenvalue weighted by atomic mass is 10.1. The Balaban J connectivity index is 2.10. The van der Waals surface area contributed by atoms with Crippen molar-refractivity contribution < 1.29 is 13.2 Å². The van der Waals surface area contributed by atoms with E-state index in [1.807, 2.05) is 4.90 Å². The van der Waals surface area contributed by atoms with Crippen LogP contribution in [0.4, 0.5) is 13.2 Å². The summed E-state index contributed by atoms with van der Waals surface area (Å²) in [6, 6.07) is 0. The Morgan fingerprint density at radius 2 is 2.00 bits per heavy atom. The van der Waals surface area contributed by atoms with Crippen LogP contribution >= 0.6 is 0 Å². The van der Waals surface area contributed by atoms with E-state index in [9.17, 15) is 13.2 Å². The van der Waals surface area contributed by atoms with Crippen LogP contribution in [0, 0.1) is 0 Å². The molecule has 1 aliphatic heterocycles. The van der Waals surface area contributed by atoms with Gasteiger partial charge in [-0.2, -0.15) is 18.3 Å². The number of hydrogen-bond acceptors (Lipinski definition) is 2. The number of nitrogens with zero attached hydrogens (tertiary/aromatic N) is 4. The average molecular weight is 289 g/mol. The fraction of sp³-hybridized carbons (Fsp3) is 0.667. The lowest BCUT2D eigenvalue weighted by Crippen LogP contribution is -2.40. The predicted octanol–water partition coefficient (Wildman–Crippen LogP) is 1.74. The molecule has 1 saturated heterocycles. The number of rotatable bonds is 2. The number of halogens is 3. The molecular formula is C12H18F3N5. The molecule has 0 radical (unpaired) electrons. The quantitative estimate of drug-likeness (QED) is 0.666. The zero-order valence-electron chi connectivity index (χ0n) is 11.3. The van der Waals surface area contributed by atoms with Gasteiger partial charge in [0.15, 0.2) is 11.7 Å². The summed E-state index contributed by atoms with van der Waals surface area (Å²) in [5.74, 6) is 0.307. The van der Waals surface area contributed by atoms with E-state index < -0.39 is 11.9 Å². The fourth-order valence-corrected chi connectivity index (χ4v) is 2.28. The van der Waals surface area contributed by atoms with E-state index in [-0.39, 0.29) is 12.1 Å². The number of likely N-dealkylation sites (tertiary alicyclic amines) is 1. The molecule has 1 aromatic heterocycles. The van der Waals surface area contributed by atoms with Gasteiger partial charge in [0.05, 0.1) is 6.54 Å². The number of guanidine groups is 1. The number of aromatic nitrogens is 2. The van der Waals surface area contributed by atoms with Gasteiger partial charge in [-0.3, -0.25) is 4.68 Å². The number of aryl methyl sites for hydroxylation is 1. The van der Waals surface area contributed by atoms with E-state index in [2.05, 4.69) is 10.1 Å². The van der Waals surface area contributed by atoms with Crippen LogP contribution in [-0.2, 0) is 19.8 Å². The van der Waals surface area contributed by atoms with Crippen LogP contribution in [0.2, 0.25) is 0 Å². The molecule has 0 aliphatic carbocycles. The van der Waals surface area contributed by atoms with Crippen molar-refractivity contribution in [3.63, 3.8) is 0 Å². The molecule has 0 amide bonds. The number of aliphatic imine (C=N–C) groups is 1. The summed E-state index contributed by atoms with van der Waals surface area (Å²) < 4.78 is 39.5. The Labute approximate surface area is 115 Å². The first-order valence-corrected chi connectivity index (χ1v) is 6.52. The van der Waals surface area contributed by atoms with E-state index in [1.165, 1.54) is 13.2 Å². The Kier molecular flexibility index (Phi) is 4.20. The van der Waals surface area contributed by atoms with Crippen molar-refractivity contribution in [1.29, 1.82) is 0 Å². The largest absolute Gasteiger partial charge is 0.435 e. The summed E-state index contributed by atoms with van der Waals surface area (Å²) in [6.07, 6.45) is 0.0975. The predicted molar refractivity (Wildman–Crippen MR) is 69.0 cm³/mol. The van der Waals surface area contributed by atoms with Crippen LogP contribution in [0.1, 0.15) is 30.5 Å². The minimum atomic E-state index is -4.47. The SMILES string of the molecule is Cn1cc(CN=C(N)N2CCCCC2)c(C(F)(F)F)n1. The fourth-order valence-electron chi connectivity index (χ4n) is 2.28. The van der Waals surface area contributed by atoms with Gasteiger partial charge >= 0.3 is 6.18 Å². The highest BCUT2D eigenvalue weighted by Gasteiger charge is 2.36.